The Kier molecular flexibility index (Phi) is 3.82. The van der Waals surface area contributed by atoms with Crippen molar-refractivity contribution in [3.8, 4) is 0 Å². The van der Waals surface area contributed by atoms with Crippen molar-refractivity contribution in [3.63, 3.8) is 0 Å². The lowest BCUT2D eigenvalue weighted by Crippen LogP contribution is -2.50. The first-order valence-electron chi connectivity index (χ1n) is 7.38. The van der Waals surface area contributed by atoms with E-state index < -0.39 is 40.5 Å². The number of carbonyl (C=O) groups excluding carboxylic acids is 3. The second kappa shape index (κ2) is 5.70. The van der Waals surface area contributed by atoms with Crippen LogP contribution in [0.25, 0.3) is 0 Å². The summed E-state index contributed by atoms with van der Waals surface area (Å²) in [7, 11) is 2.36. The highest BCUT2D eigenvalue weighted by atomic mass is 16.6. The van der Waals surface area contributed by atoms with Gasteiger partial charge in [0, 0.05) is 24.0 Å². The fourth-order valence-electron chi connectivity index (χ4n) is 4.05. The van der Waals surface area contributed by atoms with E-state index in [0.717, 1.165) is 0 Å². The first-order chi connectivity index (χ1) is 11.4. The molecule has 4 atom stereocenters. The molecule has 4 unspecified atom stereocenters. The average molecular weight is 333 g/mol. The Balaban J connectivity index is 2.26. The van der Waals surface area contributed by atoms with E-state index in [0.29, 0.717) is 11.1 Å². The van der Waals surface area contributed by atoms with Crippen LogP contribution in [0.15, 0.2) is 18.2 Å². The molecule has 8 heteroatoms. The van der Waals surface area contributed by atoms with Crippen molar-refractivity contribution in [2.45, 2.75) is 18.3 Å². The smallest absolute Gasteiger partial charge is 0.310 e. The Hall–Kier alpha value is -2.77. The molecule has 0 radical (unpaired) electrons. The largest absolute Gasteiger partial charge is 0.469 e. The van der Waals surface area contributed by atoms with Crippen LogP contribution in [0.1, 0.15) is 29.4 Å². The van der Waals surface area contributed by atoms with Crippen molar-refractivity contribution in [2.75, 3.05) is 14.2 Å². The lowest BCUT2D eigenvalue weighted by molar-refractivity contribution is -0.386. The van der Waals surface area contributed by atoms with Gasteiger partial charge in [-0.05, 0) is 5.56 Å². The molecule has 1 aromatic carbocycles. The van der Waals surface area contributed by atoms with Crippen LogP contribution in [0.2, 0.25) is 0 Å². The molecule has 0 aromatic heterocycles. The number of rotatable bonds is 3. The molecule has 126 valence electrons. The highest BCUT2D eigenvalue weighted by Gasteiger charge is 2.59. The molecule has 4 rings (SSSR count). The number of methoxy groups -OCH3 is 2. The van der Waals surface area contributed by atoms with Gasteiger partial charge in [0.25, 0.3) is 5.69 Å². The van der Waals surface area contributed by atoms with Gasteiger partial charge in [0.2, 0.25) is 0 Å². The summed E-state index contributed by atoms with van der Waals surface area (Å²) in [6.07, 6.45) is -0.0320. The molecule has 1 fully saturated rings. The highest BCUT2D eigenvalue weighted by molar-refractivity contribution is 5.99. The molecule has 0 N–H and O–H groups in total. The van der Waals surface area contributed by atoms with Gasteiger partial charge in [-0.2, -0.15) is 0 Å². The monoisotopic (exact) mass is 333 g/mol. The van der Waals surface area contributed by atoms with Crippen LogP contribution in [0.3, 0.4) is 0 Å². The van der Waals surface area contributed by atoms with Gasteiger partial charge >= 0.3 is 11.9 Å². The number of hydrogen-bond donors (Lipinski definition) is 0. The predicted octanol–water partition coefficient (Wildman–Crippen LogP) is 1.33. The lowest BCUT2D eigenvalue weighted by Gasteiger charge is -2.45. The number of nitrogens with zero attached hydrogens (tertiary/aromatic N) is 1. The SMILES string of the molecule is COC(=O)C1C2CC(=O)C(c3cccc([N+](=O)[O-])c32)C1C(=O)OC. The molecule has 0 saturated heterocycles. The molecular weight excluding hydrogens is 318 g/mol. The Morgan fingerprint density at radius 1 is 1.17 bits per heavy atom. The zero-order chi connectivity index (χ0) is 17.6. The molecule has 24 heavy (non-hydrogen) atoms. The fraction of sp³-hybridized carbons (Fsp3) is 0.438. The molecule has 0 aliphatic heterocycles. The molecule has 3 aliphatic carbocycles. The second-order valence-corrected chi connectivity index (χ2v) is 5.89. The zero-order valence-electron chi connectivity index (χ0n) is 13.1. The Morgan fingerprint density at radius 3 is 2.38 bits per heavy atom. The number of esters is 2. The number of ether oxygens (including phenoxy) is 2. The van der Waals surface area contributed by atoms with Crippen LogP contribution in [0, 0.1) is 22.0 Å². The quantitative estimate of drug-likeness (QED) is 0.466. The van der Waals surface area contributed by atoms with Crippen LogP contribution < -0.4 is 0 Å². The van der Waals surface area contributed by atoms with Crippen molar-refractivity contribution in [1.82, 2.24) is 0 Å². The molecule has 0 spiro atoms. The zero-order valence-corrected chi connectivity index (χ0v) is 13.1. The van der Waals surface area contributed by atoms with Crippen molar-refractivity contribution in [1.29, 1.82) is 0 Å². The van der Waals surface area contributed by atoms with E-state index in [1.807, 2.05) is 0 Å². The van der Waals surface area contributed by atoms with Crippen LogP contribution >= 0.6 is 0 Å². The summed E-state index contributed by atoms with van der Waals surface area (Å²) in [6.45, 7) is 0. The normalized spacial score (nSPS) is 27.3. The van der Waals surface area contributed by atoms with E-state index in [1.54, 1.807) is 6.07 Å². The summed E-state index contributed by atoms with van der Waals surface area (Å²) in [5.74, 6) is -5.27. The number of hydrogen-bond acceptors (Lipinski definition) is 7. The third kappa shape index (κ3) is 2.10. The van der Waals surface area contributed by atoms with Crippen LogP contribution in [-0.2, 0) is 23.9 Å². The van der Waals surface area contributed by atoms with Gasteiger partial charge in [-0.3, -0.25) is 24.5 Å². The van der Waals surface area contributed by atoms with E-state index in [4.69, 9.17) is 9.47 Å². The number of Topliss-reactive ketones (excluding diaryl/α,β-unsaturated/α-hetero) is 1. The number of nitro groups is 1. The summed E-state index contributed by atoms with van der Waals surface area (Å²) in [5.41, 5.74) is 0.635. The Labute approximate surface area is 136 Å². The van der Waals surface area contributed by atoms with E-state index >= 15 is 0 Å². The summed E-state index contributed by atoms with van der Waals surface area (Å²) in [4.78, 5) is 47.8. The number of ketones is 1. The van der Waals surface area contributed by atoms with Crippen molar-refractivity contribution in [2.24, 2.45) is 11.8 Å². The third-order valence-electron chi connectivity index (χ3n) is 4.91. The second-order valence-electron chi connectivity index (χ2n) is 5.89. The molecular formula is C16H15NO7. The fourth-order valence-corrected chi connectivity index (χ4v) is 4.05. The van der Waals surface area contributed by atoms with Gasteiger partial charge in [-0.15, -0.1) is 0 Å². The highest BCUT2D eigenvalue weighted by Crippen LogP contribution is 2.56. The van der Waals surface area contributed by atoms with Gasteiger partial charge in [0.15, 0.2) is 0 Å². The van der Waals surface area contributed by atoms with Gasteiger partial charge in [-0.1, -0.05) is 12.1 Å². The minimum atomic E-state index is -1.02. The van der Waals surface area contributed by atoms with Gasteiger partial charge < -0.3 is 9.47 Å². The first kappa shape index (κ1) is 16.1. The van der Waals surface area contributed by atoms with Gasteiger partial charge in [-0.25, -0.2) is 0 Å². The van der Waals surface area contributed by atoms with E-state index in [9.17, 15) is 24.5 Å². The van der Waals surface area contributed by atoms with Crippen LogP contribution in [0.4, 0.5) is 5.69 Å². The van der Waals surface area contributed by atoms with Crippen molar-refractivity contribution >= 4 is 23.4 Å². The molecule has 1 saturated carbocycles. The molecule has 8 nitrogen and oxygen atoms in total. The van der Waals surface area contributed by atoms with Crippen LogP contribution in [0.5, 0.6) is 0 Å². The average Bonchev–Trinajstić information content (AvgIpc) is 2.59. The van der Waals surface area contributed by atoms with Crippen molar-refractivity contribution in [3.05, 3.63) is 39.4 Å². The van der Waals surface area contributed by atoms with E-state index in [2.05, 4.69) is 0 Å². The maximum atomic E-state index is 12.5. The maximum Gasteiger partial charge on any atom is 0.310 e. The molecule has 0 heterocycles. The summed E-state index contributed by atoms with van der Waals surface area (Å²) in [5, 5.41) is 11.4. The van der Waals surface area contributed by atoms with Crippen LogP contribution in [-0.4, -0.2) is 36.9 Å². The van der Waals surface area contributed by atoms with E-state index in [-0.39, 0.29) is 17.9 Å². The third-order valence-corrected chi connectivity index (χ3v) is 4.91. The Bertz CT molecular complexity index is 757. The minimum absolute atomic E-state index is 0.0320. The van der Waals surface area contributed by atoms with Gasteiger partial charge in [0.05, 0.1) is 36.9 Å². The number of carbonyl (C=O) groups is 3. The molecule has 2 bridgehead atoms. The maximum absolute atomic E-state index is 12.5. The number of fused-ring (bicyclic) bond motifs is 2. The number of benzene rings is 1. The minimum Gasteiger partial charge on any atom is -0.469 e. The predicted molar refractivity (Wildman–Crippen MR) is 79.2 cm³/mol. The number of nitro benzene ring substituents is 1. The molecule has 1 aromatic rings. The topological polar surface area (TPSA) is 113 Å². The van der Waals surface area contributed by atoms with Crippen molar-refractivity contribution < 1.29 is 28.8 Å². The van der Waals surface area contributed by atoms with E-state index in [1.165, 1.54) is 26.4 Å². The first-order valence-corrected chi connectivity index (χ1v) is 7.38. The Morgan fingerprint density at radius 2 is 1.79 bits per heavy atom. The standard InChI is InChI=1S/C16H15NO7/c1-23-15(19)13-8-6-10(18)12(14(13)16(20)24-2)7-4-3-5-9(11(7)8)17(21)22/h3-5,8,12-14H,6H2,1-2H3. The lowest BCUT2D eigenvalue weighted by atomic mass is 9.55. The summed E-state index contributed by atoms with van der Waals surface area (Å²) >= 11 is 0. The molecule has 3 aliphatic rings. The summed E-state index contributed by atoms with van der Waals surface area (Å²) < 4.78 is 9.57. The summed E-state index contributed by atoms with van der Waals surface area (Å²) in [6, 6.07) is 4.42. The van der Waals surface area contributed by atoms with Gasteiger partial charge in [0.1, 0.15) is 5.78 Å². The molecule has 0 amide bonds.